The number of aliphatic hydroxyl groups excluding tert-OH is 1. The van der Waals surface area contributed by atoms with E-state index in [0.717, 1.165) is 61.3 Å². The molecular weight excluding hydrogens is 564 g/mol. The predicted octanol–water partition coefficient (Wildman–Crippen LogP) is 6.80. The number of nitrogens with one attached hydrogen (secondary N) is 3. The lowest BCUT2D eigenvalue weighted by molar-refractivity contribution is 0.0793. The standard InChI is InChI=1S/C33H33ClN6O3/c34-29-28-31(36-21-37-32(28)43-30(29)23-6-2-1-3-7-23)35-17-14-22-10-12-25(13-11-22)38-33(42)39-27-9-5-4-8-24(27)20-40-18-15-26(41)16-19-40/h1-13,21,26,41H,14-20H2,(H,35,36,37)(H2,38,39,42). The minimum atomic E-state index is -0.296. The van der Waals surface area contributed by atoms with E-state index in [4.69, 9.17) is 16.0 Å². The first-order valence-electron chi connectivity index (χ1n) is 14.4. The number of anilines is 3. The number of benzene rings is 3. The Bertz CT molecular complexity index is 1680. The largest absolute Gasteiger partial charge is 0.436 e. The number of amides is 2. The summed E-state index contributed by atoms with van der Waals surface area (Å²) in [5.74, 6) is 1.19. The fourth-order valence-corrected chi connectivity index (χ4v) is 5.59. The summed E-state index contributed by atoms with van der Waals surface area (Å²) in [5.41, 5.74) is 4.94. The molecule has 0 unspecified atom stereocenters. The molecule has 0 aliphatic carbocycles. The maximum Gasteiger partial charge on any atom is 0.323 e. The summed E-state index contributed by atoms with van der Waals surface area (Å²) in [4.78, 5) is 23.8. The number of urea groups is 1. The van der Waals surface area contributed by atoms with Gasteiger partial charge in [0, 0.05) is 43.1 Å². The summed E-state index contributed by atoms with van der Waals surface area (Å²) in [7, 11) is 0. The van der Waals surface area contributed by atoms with Crippen molar-refractivity contribution in [3.05, 3.63) is 101 Å². The predicted molar refractivity (Wildman–Crippen MR) is 170 cm³/mol. The van der Waals surface area contributed by atoms with Gasteiger partial charge in [-0.15, -0.1) is 0 Å². The molecule has 0 radical (unpaired) electrons. The van der Waals surface area contributed by atoms with E-state index in [2.05, 4.69) is 30.8 Å². The van der Waals surface area contributed by atoms with E-state index >= 15 is 0 Å². The molecule has 9 nitrogen and oxygen atoms in total. The molecule has 1 aliphatic rings. The van der Waals surface area contributed by atoms with Crippen LogP contribution in [0.15, 0.2) is 89.6 Å². The van der Waals surface area contributed by atoms with Crippen molar-refractivity contribution in [3.8, 4) is 11.3 Å². The molecule has 4 N–H and O–H groups in total. The van der Waals surface area contributed by atoms with Gasteiger partial charge in [-0.05, 0) is 48.6 Å². The number of rotatable bonds is 9. The first kappa shape index (κ1) is 28.7. The third-order valence-corrected chi connectivity index (χ3v) is 7.96. The van der Waals surface area contributed by atoms with Crippen molar-refractivity contribution in [2.75, 3.05) is 35.6 Å². The topological polar surface area (TPSA) is 116 Å². The second-order valence-electron chi connectivity index (χ2n) is 10.6. The fourth-order valence-electron chi connectivity index (χ4n) is 5.27. The normalized spacial score (nSPS) is 14.1. The molecule has 43 heavy (non-hydrogen) atoms. The van der Waals surface area contributed by atoms with Gasteiger partial charge in [0.25, 0.3) is 0 Å². The number of aliphatic hydroxyl groups is 1. The summed E-state index contributed by atoms with van der Waals surface area (Å²) < 4.78 is 5.94. The number of halogens is 1. The van der Waals surface area contributed by atoms with Gasteiger partial charge in [0.15, 0.2) is 5.76 Å². The van der Waals surface area contributed by atoms with E-state index in [1.807, 2.05) is 78.9 Å². The Hall–Kier alpha value is -4.44. The minimum absolute atomic E-state index is 0.211. The second kappa shape index (κ2) is 13.2. The van der Waals surface area contributed by atoms with E-state index in [1.54, 1.807) is 0 Å². The lowest BCUT2D eigenvalue weighted by Crippen LogP contribution is -2.35. The molecule has 0 bridgehead atoms. The zero-order valence-electron chi connectivity index (χ0n) is 23.6. The minimum Gasteiger partial charge on any atom is -0.436 e. The van der Waals surface area contributed by atoms with Gasteiger partial charge in [-0.1, -0.05) is 72.3 Å². The zero-order chi connectivity index (χ0) is 29.6. The van der Waals surface area contributed by atoms with Gasteiger partial charge >= 0.3 is 6.03 Å². The Morgan fingerprint density at radius 2 is 1.70 bits per heavy atom. The van der Waals surface area contributed by atoms with Crippen molar-refractivity contribution in [2.45, 2.75) is 31.9 Å². The number of fused-ring (bicyclic) bond motifs is 1. The summed E-state index contributed by atoms with van der Waals surface area (Å²) in [6.45, 7) is 3.04. The molecule has 0 atom stereocenters. The summed E-state index contributed by atoms with van der Waals surface area (Å²) in [6, 6.07) is 25.0. The molecule has 3 heterocycles. The van der Waals surface area contributed by atoms with Crippen LogP contribution in [0.25, 0.3) is 22.4 Å². The van der Waals surface area contributed by atoms with E-state index in [9.17, 15) is 9.90 Å². The number of piperidine rings is 1. The van der Waals surface area contributed by atoms with Crippen LogP contribution in [0.1, 0.15) is 24.0 Å². The van der Waals surface area contributed by atoms with Crippen molar-refractivity contribution < 1.29 is 14.3 Å². The van der Waals surface area contributed by atoms with Crippen molar-refractivity contribution in [1.29, 1.82) is 0 Å². The molecule has 0 spiro atoms. The summed E-state index contributed by atoms with van der Waals surface area (Å²) in [5, 5.41) is 20.2. The average Bonchev–Trinajstić information content (AvgIpc) is 3.37. The summed E-state index contributed by atoms with van der Waals surface area (Å²) in [6.07, 6.45) is 3.54. The van der Waals surface area contributed by atoms with Gasteiger partial charge < -0.3 is 25.5 Å². The molecule has 1 aliphatic heterocycles. The average molecular weight is 597 g/mol. The van der Waals surface area contributed by atoms with E-state index in [0.29, 0.717) is 39.9 Å². The van der Waals surface area contributed by atoms with Crippen molar-refractivity contribution in [3.63, 3.8) is 0 Å². The highest BCUT2D eigenvalue weighted by Gasteiger charge is 2.20. The smallest absolute Gasteiger partial charge is 0.323 e. The molecule has 2 aromatic heterocycles. The second-order valence-corrected chi connectivity index (χ2v) is 11.0. The van der Waals surface area contributed by atoms with Crippen LogP contribution in [-0.2, 0) is 13.0 Å². The first-order valence-corrected chi connectivity index (χ1v) is 14.8. The zero-order valence-corrected chi connectivity index (χ0v) is 24.3. The Morgan fingerprint density at radius 1 is 0.953 bits per heavy atom. The lowest BCUT2D eigenvalue weighted by atomic mass is 10.1. The monoisotopic (exact) mass is 596 g/mol. The van der Waals surface area contributed by atoms with Crippen LogP contribution in [0.3, 0.4) is 0 Å². The maximum atomic E-state index is 12.8. The fraction of sp³-hybridized carbons (Fsp3) is 0.242. The van der Waals surface area contributed by atoms with Gasteiger partial charge in [-0.25, -0.2) is 14.8 Å². The highest BCUT2D eigenvalue weighted by atomic mass is 35.5. The highest BCUT2D eigenvalue weighted by molar-refractivity contribution is 6.38. The number of para-hydroxylation sites is 1. The van der Waals surface area contributed by atoms with Gasteiger partial charge in [0.1, 0.15) is 22.6 Å². The molecule has 2 amide bonds. The molecule has 1 saturated heterocycles. The van der Waals surface area contributed by atoms with E-state index in [1.165, 1.54) is 6.33 Å². The van der Waals surface area contributed by atoms with Crippen LogP contribution in [0.5, 0.6) is 0 Å². The Labute approximate surface area is 254 Å². The molecule has 6 rings (SSSR count). The van der Waals surface area contributed by atoms with Gasteiger partial charge in [-0.3, -0.25) is 4.90 Å². The number of nitrogens with zero attached hydrogens (tertiary/aromatic N) is 3. The van der Waals surface area contributed by atoms with E-state index < -0.39 is 0 Å². The quantitative estimate of drug-likeness (QED) is 0.148. The van der Waals surface area contributed by atoms with Crippen molar-refractivity contribution in [2.24, 2.45) is 0 Å². The number of hydrogen-bond donors (Lipinski definition) is 4. The molecule has 0 saturated carbocycles. The Kier molecular flexibility index (Phi) is 8.83. The number of carbonyl (C=O) groups excluding carboxylic acids is 1. The molecule has 220 valence electrons. The van der Waals surface area contributed by atoms with Crippen LogP contribution in [0, 0.1) is 0 Å². The van der Waals surface area contributed by atoms with Crippen molar-refractivity contribution in [1.82, 2.24) is 14.9 Å². The SMILES string of the molecule is O=C(Nc1ccc(CCNc2ncnc3oc(-c4ccccc4)c(Cl)c23)cc1)Nc1ccccc1CN1CCC(O)CC1. The molecule has 5 aromatic rings. The van der Waals surface area contributed by atoms with Crippen LogP contribution in [0.4, 0.5) is 22.0 Å². The highest BCUT2D eigenvalue weighted by Crippen LogP contribution is 2.39. The van der Waals surface area contributed by atoms with Crippen LogP contribution in [-0.4, -0.2) is 51.7 Å². The number of furan rings is 1. The number of likely N-dealkylation sites (tertiary alicyclic amines) is 1. The third kappa shape index (κ3) is 6.97. The van der Waals surface area contributed by atoms with Crippen LogP contribution < -0.4 is 16.0 Å². The number of hydrogen-bond acceptors (Lipinski definition) is 7. The molecular formula is C33H33ClN6O3. The van der Waals surface area contributed by atoms with Crippen molar-refractivity contribution >= 4 is 45.9 Å². The Morgan fingerprint density at radius 3 is 2.49 bits per heavy atom. The van der Waals surface area contributed by atoms with E-state index in [-0.39, 0.29) is 12.1 Å². The first-order chi connectivity index (χ1) is 21.0. The molecule has 10 heteroatoms. The molecule has 1 fully saturated rings. The molecule has 3 aromatic carbocycles. The lowest BCUT2D eigenvalue weighted by Gasteiger charge is -2.30. The Balaban J connectivity index is 1.03. The van der Waals surface area contributed by atoms with Gasteiger partial charge in [0.05, 0.1) is 6.10 Å². The number of aromatic nitrogens is 2. The van der Waals surface area contributed by atoms with Gasteiger partial charge in [0.2, 0.25) is 5.71 Å². The maximum absolute atomic E-state index is 12.8. The van der Waals surface area contributed by atoms with Gasteiger partial charge in [-0.2, -0.15) is 0 Å². The van der Waals surface area contributed by atoms with Crippen LogP contribution >= 0.6 is 11.6 Å². The third-order valence-electron chi connectivity index (χ3n) is 7.60. The summed E-state index contributed by atoms with van der Waals surface area (Å²) >= 11 is 6.70. The number of carbonyl (C=O) groups is 1. The van der Waals surface area contributed by atoms with Crippen LogP contribution in [0.2, 0.25) is 5.02 Å².